The lowest BCUT2D eigenvalue weighted by molar-refractivity contribution is -0.599. The number of rotatable bonds is 1. The second-order valence-corrected chi connectivity index (χ2v) is 2.94. The first-order chi connectivity index (χ1) is 8.79. The van der Waals surface area contributed by atoms with Gasteiger partial charge in [0.15, 0.2) is 0 Å². The Hall–Kier alpha value is -1.58. The van der Waals surface area contributed by atoms with Crippen LogP contribution in [-0.2, 0) is 9.13 Å². The lowest BCUT2D eigenvalue weighted by atomic mass is 10.4. The third-order valence-corrected chi connectivity index (χ3v) is 1.63. The predicted molar refractivity (Wildman–Crippen MR) is 63.2 cm³/mol. The maximum Gasteiger partial charge on any atom is 0.327 e. The van der Waals surface area contributed by atoms with Gasteiger partial charge in [-0.05, 0) is 23.2 Å². The normalized spacial score (nSPS) is 8.78. The third-order valence-electron chi connectivity index (χ3n) is 1.63. The van der Waals surface area contributed by atoms with Crippen molar-refractivity contribution < 1.29 is 23.5 Å². The van der Waals surface area contributed by atoms with Gasteiger partial charge in [-0.3, -0.25) is 4.57 Å². The zero-order valence-electron chi connectivity index (χ0n) is 9.16. The van der Waals surface area contributed by atoms with Gasteiger partial charge in [-0.1, -0.05) is 12.1 Å². The molecule has 0 aromatic carbocycles. The Labute approximate surface area is 107 Å². The number of aromatic nitrogens is 2. The van der Waals surface area contributed by atoms with Crippen LogP contribution in [0.5, 0.6) is 0 Å². The zero-order valence-corrected chi connectivity index (χ0v) is 10.9. The molecule has 2 aromatic heterocycles. The van der Waals surface area contributed by atoms with Gasteiger partial charge in [0.05, 0.1) is 21.1 Å². The summed E-state index contributed by atoms with van der Waals surface area (Å²) in [7, 11) is -1.92. The SMILES string of the molecule is O=PO.O=P[O-].c1cc[n+](-c2ccccn2)cc1. The summed E-state index contributed by atoms with van der Waals surface area (Å²) in [6, 6.07) is 11.8. The molecule has 0 aliphatic carbocycles. The average molecular weight is 284 g/mol. The molecule has 0 atom stereocenters. The summed E-state index contributed by atoms with van der Waals surface area (Å²) in [6.45, 7) is 0. The first kappa shape index (κ1) is 16.4. The lowest BCUT2D eigenvalue weighted by Gasteiger charge is -1.91. The minimum atomic E-state index is -1.08. The number of pyridine rings is 2. The van der Waals surface area contributed by atoms with Crippen LogP contribution in [0.1, 0.15) is 0 Å². The zero-order chi connectivity index (χ0) is 13.6. The van der Waals surface area contributed by atoms with Crippen LogP contribution in [0.2, 0.25) is 0 Å². The molecule has 2 rings (SSSR count). The van der Waals surface area contributed by atoms with Crippen molar-refractivity contribution in [3.8, 4) is 5.82 Å². The molecule has 1 N–H and O–H groups in total. The molecule has 0 amide bonds. The smallest absolute Gasteiger partial charge is 0.327 e. The van der Waals surface area contributed by atoms with E-state index in [9.17, 15) is 0 Å². The molecular weight excluding hydrogens is 274 g/mol. The van der Waals surface area contributed by atoms with Gasteiger partial charge in [0.25, 0.3) is 0 Å². The highest BCUT2D eigenvalue weighted by Crippen LogP contribution is 1.91. The van der Waals surface area contributed by atoms with Crippen LogP contribution in [0.25, 0.3) is 5.82 Å². The topological polar surface area (TPSA) is 94.2 Å². The Morgan fingerprint density at radius 2 is 1.67 bits per heavy atom. The Bertz CT molecular complexity index is 399. The van der Waals surface area contributed by atoms with Crippen molar-refractivity contribution in [3.63, 3.8) is 0 Å². The molecule has 0 saturated heterocycles. The summed E-state index contributed by atoms with van der Waals surface area (Å²) < 4.78 is 18.8. The summed E-state index contributed by atoms with van der Waals surface area (Å²) in [4.78, 5) is 19.5. The van der Waals surface area contributed by atoms with Crippen LogP contribution in [-0.4, -0.2) is 9.88 Å². The van der Waals surface area contributed by atoms with Gasteiger partial charge in [-0.2, -0.15) is 0 Å². The Balaban J connectivity index is 0.000000414. The molecule has 18 heavy (non-hydrogen) atoms. The van der Waals surface area contributed by atoms with Gasteiger partial charge in [-0.15, -0.1) is 0 Å². The number of hydrogen-bond donors (Lipinski definition) is 1. The van der Waals surface area contributed by atoms with Crippen LogP contribution in [0.3, 0.4) is 0 Å². The summed E-state index contributed by atoms with van der Waals surface area (Å²) in [6.07, 6.45) is 5.74. The van der Waals surface area contributed by atoms with E-state index in [1.165, 1.54) is 0 Å². The molecule has 0 aliphatic rings. The summed E-state index contributed by atoms with van der Waals surface area (Å²) >= 11 is 0. The molecule has 2 heterocycles. The van der Waals surface area contributed by atoms with Crippen molar-refractivity contribution in [2.75, 3.05) is 0 Å². The number of hydrogen-bond acceptors (Lipinski definition) is 4. The van der Waals surface area contributed by atoms with Gasteiger partial charge in [0, 0.05) is 6.07 Å². The van der Waals surface area contributed by atoms with Crippen molar-refractivity contribution in [3.05, 3.63) is 55.0 Å². The van der Waals surface area contributed by atoms with Crippen molar-refractivity contribution in [2.24, 2.45) is 0 Å². The summed E-state index contributed by atoms with van der Waals surface area (Å²) in [5, 5.41) is 0. The molecule has 94 valence electrons. The van der Waals surface area contributed by atoms with Crippen LogP contribution in [0, 0.1) is 0 Å². The van der Waals surface area contributed by atoms with E-state index in [0.717, 1.165) is 5.82 Å². The van der Waals surface area contributed by atoms with Crippen molar-refractivity contribution in [1.82, 2.24) is 4.98 Å². The van der Waals surface area contributed by atoms with E-state index in [1.807, 2.05) is 53.4 Å². The van der Waals surface area contributed by atoms with Crippen LogP contribution in [0.15, 0.2) is 55.0 Å². The number of nitrogens with zero attached hydrogens (tertiary/aromatic N) is 2. The predicted octanol–water partition coefficient (Wildman–Crippen LogP) is 1.10. The van der Waals surface area contributed by atoms with E-state index in [2.05, 4.69) is 4.98 Å². The highest BCUT2D eigenvalue weighted by Gasteiger charge is 2.01. The first-order valence-electron chi connectivity index (χ1n) is 4.59. The van der Waals surface area contributed by atoms with E-state index in [0.29, 0.717) is 0 Å². The third kappa shape index (κ3) is 7.65. The molecule has 0 radical (unpaired) electrons. The first-order valence-corrected chi connectivity index (χ1v) is 6.09. The molecule has 0 aliphatic heterocycles. The molecule has 0 saturated carbocycles. The van der Waals surface area contributed by atoms with E-state index >= 15 is 0 Å². The van der Waals surface area contributed by atoms with Crippen LogP contribution in [0.4, 0.5) is 0 Å². The quantitative estimate of drug-likeness (QED) is 0.625. The molecule has 0 spiro atoms. The molecule has 0 fully saturated rings. The molecule has 6 nitrogen and oxygen atoms in total. The average Bonchev–Trinajstić information content (AvgIpc) is 2.43. The Morgan fingerprint density at radius 3 is 2.11 bits per heavy atom. The Morgan fingerprint density at radius 1 is 1.11 bits per heavy atom. The minimum absolute atomic E-state index is 0.833. The standard InChI is InChI=1S/C10H9N2.2HO2P/c1-4-8-12(9-5-1)10-6-2-3-7-11-10;2*1-3-2/h1-9H;2*(H,1,2)/q+1;;/p-1. The van der Waals surface area contributed by atoms with Crippen molar-refractivity contribution in [1.29, 1.82) is 0 Å². The lowest BCUT2D eigenvalue weighted by Crippen LogP contribution is -2.29. The maximum atomic E-state index is 8.46. The van der Waals surface area contributed by atoms with E-state index < -0.39 is 17.4 Å². The fraction of sp³-hybridized carbons (Fsp3) is 0. The van der Waals surface area contributed by atoms with Gasteiger partial charge >= 0.3 is 14.5 Å². The van der Waals surface area contributed by atoms with Crippen LogP contribution < -0.4 is 9.46 Å². The fourth-order valence-electron chi connectivity index (χ4n) is 1.06. The molecule has 0 unspecified atom stereocenters. The van der Waals surface area contributed by atoms with Gasteiger partial charge in [0.1, 0.15) is 6.20 Å². The molecule has 2 aromatic rings. The van der Waals surface area contributed by atoms with Crippen molar-refractivity contribution >= 4 is 17.4 Å². The molecular formula is C10H10N2O4P2. The maximum absolute atomic E-state index is 8.46. The fourth-order valence-corrected chi connectivity index (χ4v) is 1.06. The summed E-state index contributed by atoms with van der Waals surface area (Å²) in [5.74, 6) is 0.943. The van der Waals surface area contributed by atoms with Gasteiger partial charge < -0.3 is 9.79 Å². The largest absolute Gasteiger partial charge is 0.772 e. The second kappa shape index (κ2) is 11.9. The monoisotopic (exact) mass is 284 g/mol. The van der Waals surface area contributed by atoms with Crippen LogP contribution >= 0.6 is 17.4 Å². The van der Waals surface area contributed by atoms with Crippen molar-refractivity contribution in [2.45, 2.75) is 0 Å². The van der Waals surface area contributed by atoms with Gasteiger partial charge in [-0.25, -0.2) is 9.13 Å². The van der Waals surface area contributed by atoms with E-state index in [4.69, 9.17) is 18.9 Å². The Kier molecular flexibility index (Phi) is 10.8. The highest BCUT2D eigenvalue weighted by molar-refractivity contribution is 7.16. The highest BCUT2D eigenvalue weighted by atomic mass is 31.1. The van der Waals surface area contributed by atoms with Gasteiger partial charge in [0.2, 0.25) is 0 Å². The minimum Gasteiger partial charge on any atom is -0.772 e. The summed E-state index contributed by atoms with van der Waals surface area (Å²) in [5.41, 5.74) is 0. The molecule has 0 bridgehead atoms. The molecule has 8 heteroatoms. The van der Waals surface area contributed by atoms with E-state index in [1.54, 1.807) is 6.20 Å². The van der Waals surface area contributed by atoms with E-state index in [-0.39, 0.29) is 0 Å². The second-order valence-electron chi connectivity index (χ2n) is 2.63.